The van der Waals surface area contributed by atoms with Crippen LogP contribution in [0.4, 0.5) is 0 Å². The first-order valence-corrected chi connectivity index (χ1v) is 8.42. The Morgan fingerprint density at radius 3 is 2.76 bits per heavy atom. The van der Waals surface area contributed by atoms with Crippen LogP contribution in [0.2, 0.25) is 0 Å². The second-order valence-electron chi connectivity index (χ2n) is 6.36. The van der Waals surface area contributed by atoms with Gasteiger partial charge in [-0.05, 0) is 49.6 Å². The van der Waals surface area contributed by atoms with Crippen LogP contribution < -0.4 is 10.1 Å². The zero-order valence-electron chi connectivity index (χ0n) is 14.9. The summed E-state index contributed by atoms with van der Waals surface area (Å²) in [5.74, 6) is 0.631. The van der Waals surface area contributed by atoms with Crippen LogP contribution in [0.25, 0.3) is 5.65 Å². The molecule has 0 radical (unpaired) electrons. The third kappa shape index (κ3) is 4.38. The summed E-state index contributed by atoms with van der Waals surface area (Å²) in [6, 6.07) is 10.0. The number of rotatable bonds is 6. The number of carbonyl (C=O) groups is 1. The van der Waals surface area contributed by atoms with Crippen LogP contribution in [0.5, 0.6) is 5.75 Å². The molecule has 1 amide bonds. The Kier molecular flexibility index (Phi) is 5.03. The molecule has 0 bridgehead atoms. The van der Waals surface area contributed by atoms with Gasteiger partial charge in [-0.25, -0.2) is 4.98 Å². The van der Waals surface area contributed by atoms with E-state index >= 15 is 0 Å². The Hall–Kier alpha value is -2.82. The number of benzene rings is 1. The lowest BCUT2D eigenvalue weighted by molar-refractivity contribution is -0.123. The van der Waals surface area contributed by atoms with E-state index in [1.165, 1.54) is 5.56 Å². The molecule has 1 aromatic carbocycles. The maximum atomic E-state index is 12.0. The summed E-state index contributed by atoms with van der Waals surface area (Å²) in [5.41, 5.74) is 5.21. The van der Waals surface area contributed by atoms with Crippen molar-refractivity contribution in [1.29, 1.82) is 0 Å². The van der Waals surface area contributed by atoms with Crippen molar-refractivity contribution in [3.63, 3.8) is 0 Å². The van der Waals surface area contributed by atoms with Gasteiger partial charge in [0, 0.05) is 25.4 Å². The van der Waals surface area contributed by atoms with Crippen molar-refractivity contribution >= 4 is 11.6 Å². The zero-order chi connectivity index (χ0) is 17.8. The first-order valence-electron chi connectivity index (χ1n) is 8.42. The van der Waals surface area contributed by atoms with Crippen molar-refractivity contribution in [2.24, 2.45) is 0 Å². The van der Waals surface area contributed by atoms with Crippen molar-refractivity contribution in [3.05, 3.63) is 65.1 Å². The number of carbonyl (C=O) groups excluding carboxylic acids is 1. The molecule has 5 nitrogen and oxygen atoms in total. The molecular formula is C20H23N3O2. The van der Waals surface area contributed by atoms with E-state index < -0.39 is 0 Å². The van der Waals surface area contributed by atoms with E-state index in [1.807, 2.05) is 61.0 Å². The Bertz CT molecular complexity index is 899. The van der Waals surface area contributed by atoms with Gasteiger partial charge in [-0.3, -0.25) is 4.79 Å². The van der Waals surface area contributed by atoms with Gasteiger partial charge >= 0.3 is 0 Å². The van der Waals surface area contributed by atoms with E-state index in [-0.39, 0.29) is 12.5 Å². The highest BCUT2D eigenvalue weighted by Gasteiger charge is 2.06. The van der Waals surface area contributed by atoms with Crippen molar-refractivity contribution in [2.75, 3.05) is 13.2 Å². The van der Waals surface area contributed by atoms with Gasteiger partial charge in [-0.1, -0.05) is 18.2 Å². The summed E-state index contributed by atoms with van der Waals surface area (Å²) in [6.45, 7) is 6.59. The van der Waals surface area contributed by atoms with Crippen LogP contribution in [0.3, 0.4) is 0 Å². The smallest absolute Gasteiger partial charge is 0.257 e. The third-order valence-electron chi connectivity index (χ3n) is 4.05. The van der Waals surface area contributed by atoms with Crippen LogP contribution in [0.1, 0.15) is 22.4 Å². The van der Waals surface area contributed by atoms with Crippen molar-refractivity contribution in [1.82, 2.24) is 14.7 Å². The molecule has 0 fully saturated rings. The standard InChI is InChI=1S/C20H23N3O2/c1-14-4-6-16(3)18(10-14)25-13-20(24)21-9-8-17-12-23-11-15(2)5-7-19(23)22-17/h4-7,10-12H,8-9,13H2,1-3H3,(H,21,24). The number of ether oxygens (including phenoxy) is 1. The molecule has 0 spiro atoms. The number of aromatic nitrogens is 2. The van der Waals surface area contributed by atoms with Gasteiger partial charge in [0.2, 0.25) is 0 Å². The monoisotopic (exact) mass is 337 g/mol. The van der Waals surface area contributed by atoms with Gasteiger partial charge < -0.3 is 14.5 Å². The lowest BCUT2D eigenvalue weighted by Gasteiger charge is -2.10. The highest BCUT2D eigenvalue weighted by molar-refractivity contribution is 5.77. The Balaban J connectivity index is 1.48. The first-order chi connectivity index (χ1) is 12.0. The summed E-state index contributed by atoms with van der Waals surface area (Å²) < 4.78 is 7.62. The average Bonchev–Trinajstić information content (AvgIpc) is 2.97. The maximum Gasteiger partial charge on any atom is 0.257 e. The van der Waals surface area contributed by atoms with Crippen molar-refractivity contribution in [2.45, 2.75) is 27.2 Å². The van der Waals surface area contributed by atoms with E-state index in [2.05, 4.69) is 17.2 Å². The second-order valence-corrected chi connectivity index (χ2v) is 6.36. The number of fused-ring (bicyclic) bond motifs is 1. The van der Waals surface area contributed by atoms with Gasteiger partial charge in [-0.2, -0.15) is 0 Å². The summed E-state index contributed by atoms with van der Waals surface area (Å²) in [5, 5.41) is 2.88. The Morgan fingerprint density at radius 2 is 1.92 bits per heavy atom. The summed E-state index contributed by atoms with van der Waals surface area (Å²) in [6.07, 6.45) is 4.74. The molecule has 25 heavy (non-hydrogen) atoms. The van der Waals surface area contributed by atoms with Crippen LogP contribution in [0, 0.1) is 20.8 Å². The number of hydrogen-bond donors (Lipinski definition) is 1. The summed E-state index contributed by atoms with van der Waals surface area (Å²) in [7, 11) is 0. The van der Waals surface area contributed by atoms with Gasteiger partial charge in [0.1, 0.15) is 11.4 Å². The number of hydrogen-bond acceptors (Lipinski definition) is 3. The minimum atomic E-state index is -0.125. The number of aryl methyl sites for hydroxylation is 3. The number of nitrogens with zero attached hydrogens (tertiary/aromatic N) is 2. The Morgan fingerprint density at radius 1 is 1.12 bits per heavy atom. The molecule has 0 unspecified atom stereocenters. The molecular weight excluding hydrogens is 314 g/mol. The molecule has 0 aliphatic carbocycles. The van der Waals surface area contributed by atoms with Crippen LogP contribution in [-0.2, 0) is 11.2 Å². The van der Waals surface area contributed by atoms with E-state index in [9.17, 15) is 4.79 Å². The topological polar surface area (TPSA) is 55.6 Å². The van der Waals surface area contributed by atoms with E-state index in [0.717, 1.165) is 28.2 Å². The fourth-order valence-corrected chi connectivity index (χ4v) is 2.66. The number of pyridine rings is 1. The van der Waals surface area contributed by atoms with Gasteiger partial charge in [0.15, 0.2) is 6.61 Å². The lowest BCUT2D eigenvalue weighted by atomic mass is 10.1. The first kappa shape index (κ1) is 17.0. The van der Waals surface area contributed by atoms with E-state index in [4.69, 9.17) is 4.74 Å². The number of amides is 1. The number of nitrogens with one attached hydrogen (secondary N) is 1. The molecule has 3 rings (SSSR count). The normalized spacial score (nSPS) is 10.8. The summed E-state index contributed by atoms with van der Waals surface area (Å²) in [4.78, 5) is 16.5. The van der Waals surface area contributed by atoms with Crippen molar-refractivity contribution < 1.29 is 9.53 Å². The van der Waals surface area contributed by atoms with Crippen LogP contribution >= 0.6 is 0 Å². The molecule has 2 aromatic heterocycles. The predicted octanol–water partition coefficient (Wildman–Crippen LogP) is 3.00. The molecule has 1 N–H and O–H groups in total. The fraction of sp³-hybridized carbons (Fsp3) is 0.300. The maximum absolute atomic E-state index is 12.0. The molecule has 3 aromatic rings. The third-order valence-corrected chi connectivity index (χ3v) is 4.05. The molecule has 0 saturated heterocycles. The summed E-state index contributed by atoms with van der Waals surface area (Å²) >= 11 is 0. The molecule has 5 heteroatoms. The fourth-order valence-electron chi connectivity index (χ4n) is 2.66. The minimum Gasteiger partial charge on any atom is -0.483 e. The average molecular weight is 337 g/mol. The van der Waals surface area contributed by atoms with Crippen LogP contribution in [-0.4, -0.2) is 28.4 Å². The van der Waals surface area contributed by atoms with Gasteiger partial charge in [0.05, 0.1) is 5.69 Å². The molecule has 0 saturated carbocycles. The van der Waals surface area contributed by atoms with Gasteiger partial charge in [0.25, 0.3) is 5.91 Å². The Labute approximate surface area is 147 Å². The number of imidazole rings is 1. The highest BCUT2D eigenvalue weighted by Crippen LogP contribution is 2.18. The molecule has 0 atom stereocenters. The lowest BCUT2D eigenvalue weighted by Crippen LogP contribution is -2.30. The second kappa shape index (κ2) is 7.38. The minimum absolute atomic E-state index is 0.0225. The van der Waals surface area contributed by atoms with Crippen molar-refractivity contribution in [3.8, 4) is 5.75 Å². The predicted molar refractivity (Wildman–Crippen MR) is 98.1 cm³/mol. The van der Waals surface area contributed by atoms with E-state index in [0.29, 0.717) is 13.0 Å². The SMILES string of the molecule is Cc1ccc(C)c(OCC(=O)NCCc2cn3cc(C)ccc3n2)c1. The largest absolute Gasteiger partial charge is 0.483 e. The quantitative estimate of drug-likeness (QED) is 0.752. The van der Waals surface area contributed by atoms with Gasteiger partial charge in [-0.15, -0.1) is 0 Å². The molecule has 0 aliphatic rings. The van der Waals surface area contributed by atoms with Crippen LogP contribution in [0.15, 0.2) is 42.7 Å². The highest BCUT2D eigenvalue weighted by atomic mass is 16.5. The molecule has 130 valence electrons. The zero-order valence-corrected chi connectivity index (χ0v) is 14.9. The van der Waals surface area contributed by atoms with E-state index in [1.54, 1.807) is 0 Å². The molecule has 0 aliphatic heterocycles. The molecule has 2 heterocycles.